The van der Waals surface area contributed by atoms with Crippen molar-refractivity contribution >= 4 is 17.3 Å². The second-order valence-electron chi connectivity index (χ2n) is 7.59. The Balaban J connectivity index is 1.48. The van der Waals surface area contributed by atoms with Gasteiger partial charge in [-0.1, -0.05) is 11.6 Å². The SMILES string of the molecule is Cc1cc(=O)n(-c2ccc(N3CCC(Cc4cnccn4)CC3)c(Cl)c2)c(C)n1. The van der Waals surface area contributed by atoms with Crippen molar-refractivity contribution in [2.24, 2.45) is 5.92 Å². The van der Waals surface area contributed by atoms with Gasteiger partial charge in [0, 0.05) is 43.4 Å². The van der Waals surface area contributed by atoms with E-state index in [1.54, 1.807) is 17.0 Å². The first-order valence-corrected chi connectivity index (χ1v) is 10.3. The molecular formula is C22H24ClN5O. The van der Waals surface area contributed by atoms with Crippen LogP contribution >= 0.6 is 11.6 Å². The molecule has 1 aliphatic rings. The Kier molecular flexibility index (Phi) is 5.62. The molecule has 0 bridgehead atoms. The summed E-state index contributed by atoms with van der Waals surface area (Å²) < 4.78 is 1.59. The van der Waals surface area contributed by atoms with Crippen LogP contribution in [0.5, 0.6) is 0 Å². The second-order valence-corrected chi connectivity index (χ2v) is 7.99. The lowest BCUT2D eigenvalue weighted by Gasteiger charge is -2.34. The van der Waals surface area contributed by atoms with Crippen molar-refractivity contribution in [3.8, 4) is 5.69 Å². The van der Waals surface area contributed by atoms with Gasteiger partial charge < -0.3 is 4.90 Å². The Morgan fingerprint density at radius 3 is 2.59 bits per heavy atom. The Labute approximate surface area is 175 Å². The predicted molar refractivity (Wildman–Crippen MR) is 115 cm³/mol. The molecule has 3 aromatic rings. The highest BCUT2D eigenvalue weighted by Crippen LogP contribution is 2.32. The number of piperidine rings is 1. The highest BCUT2D eigenvalue weighted by molar-refractivity contribution is 6.33. The normalized spacial score (nSPS) is 14.9. The number of nitrogens with zero attached hydrogens (tertiary/aromatic N) is 5. The molecule has 3 heterocycles. The van der Waals surface area contributed by atoms with Gasteiger partial charge in [0.2, 0.25) is 0 Å². The maximum atomic E-state index is 12.4. The molecule has 0 N–H and O–H groups in total. The molecule has 1 aliphatic heterocycles. The fourth-order valence-corrected chi connectivity index (χ4v) is 4.35. The van der Waals surface area contributed by atoms with Crippen molar-refractivity contribution in [3.05, 3.63) is 75.4 Å². The molecule has 29 heavy (non-hydrogen) atoms. The van der Waals surface area contributed by atoms with Crippen LogP contribution in [0.1, 0.15) is 30.1 Å². The van der Waals surface area contributed by atoms with E-state index in [0.29, 0.717) is 16.8 Å². The van der Waals surface area contributed by atoms with Gasteiger partial charge in [-0.25, -0.2) is 4.98 Å². The first kappa shape index (κ1) is 19.6. The first-order chi connectivity index (χ1) is 14.0. The van der Waals surface area contributed by atoms with Gasteiger partial charge in [-0.15, -0.1) is 0 Å². The Morgan fingerprint density at radius 2 is 1.93 bits per heavy atom. The van der Waals surface area contributed by atoms with E-state index in [2.05, 4.69) is 19.9 Å². The number of benzene rings is 1. The summed E-state index contributed by atoms with van der Waals surface area (Å²) in [6, 6.07) is 7.34. The van der Waals surface area contributed by atoms with Crippen LogP contribution < -0.4 is 10.5 Å². The summed E-state index contributed by atoms with van der Waals surface area (Å²) in [4.78, 5) is 27.7. The van der Waals surface area contributed by atoms with Gasteiger partial charge in [-0.3, -0.25) is 19.3 Å². The minimum absolute atomic E-state index is 0.0938. The zero-order valence-corrected chi connectivity index (χ0v) is 17.4. The number of aromatic nitrogens is 4. The third-order valence-electron chi connectivity index (χ3n) is 5.47. The van der Waals surface area contributed by atoms with E-state index in [1.807, 2.05) is 38.2 Å². The van der Waals surface area contributed by atoms with Crippen LogP contribution in [0.15, 0.2) is 47.7 Å². The maximum Gasteiger partial charge on any atom is 0.258 e. The van der Waals surface area contributed by atoms with E-state index in [1.165, 1.54) is 6.07 Å². The van der Waals surface area contributed by atoms with Crippen LogP contribution in [0.2, 0.25) is 5.02 Å². The number of anilines is 1. The molecule has 4 rings (SSSR count). The molecule has 1 saturated heterocycles. The number of halogens is 1. The first-order valence-electron chi connectivity index (χ1n) is 9.88. The minimum atomic E-state index is -0.0938. The van der Waals surface area contributed by atoms with Gasteiger partial charge in [-0.05, 0) is 57.2 Å². The molecule has 0 unspecified atom stereocenters. The molecule has 1 aromatic carbocycles. The molecule has 7 heteroatoms. The molecule has 0 aliphatic carbocycles. The highest BCUT2D eigenvalue weighted by Gasteiger charge is 2.22. The van der Waals surface area contributed by atoms with Crippen molar-refractivity contribution in [2.75, 3.05) is 18.0 Å². The number of aryl methyl sites for hydroxylation is 2. The summed E-state index contributed by atoms with van der Waals surface area (Å²) in [6.45, 7) is 5.56. The minimum Gasteiger partial charge on any atom is -0.370 e. The molecule has 0 saturated carbocycles. The number of rotatable bonds is 4. The van der Waals surface area contributed by atoms with Crippen LogP contribution in [0.4, 0.5) is 5.69 Å². The van der Waals surface area contributed by atoms with Crippen LogP contribution in [-0.2, 0) is 6.42 Å². The number of hydrogen-bond acceptors (Lipinski definition) is 5. The summed E-state index contributed by atoms with van der Waals surface area (Å²) >= 11 is 6.62. The quantitative estimate of drug-likeness (QED) is 0.656. The van der Waals surface area contributed by atoms with E-state index in [-0.39, 0.29) is 5.56 Å². The van der Waals surface area contributed by atoms with Gasteiger partial charge in [0.1, 0.15) is 5.82 Å². The molecular weight excluding hydrogens is 386 g/mol. The van der Waals surface area contributed by atoms with Crippen molar-refractivity contribution in [1.82, 2.24) is 19.5 Å². The molecule has 0 spiro atoms. The fraction of sp³-hybridized carbons (Fsp3) is 0.364. The van der Waals surface area contributed by atoms with Crippen LogP contribution in [0.3, 0.4) is 0 Å². The molecule has 0 radical (unpaired) electrons. The molecule has 0 atom stereocenters. The van der Waals surface area contributed by atoms with E-state index in [4.69, 9.17) is 11.6 Å². The zero-order valence-electron chi connectivity index (χ0n) is 16.7. The smallest absolute Gasteiger partial charge is 0.258 e. The zero-order chi connectivity index (χ0) is 20.4. The lowest BCUT2D eigenvalue weighted by molar-refractivity contribution is 0.400. The molecule has 150 valence electrons. The molecule has 0 amide bonds. The average molecular weight is 410 g/mol. The average Bonchev–Trinajstić information content (AvgIpc) is 2.69. The van der Waals surface area contributed by atoms with E-state index in [9.17, 15) is 4.79 Å². The maximum absolute atomic E-state index is 12.4. The third-order valence-corrected chi connectivity index (χ3v) is 5.78. The topological polar surface area (TPSA) is 63.9 Å². The largest absolute Gasteiger partial charge is 0.370 e. The lowest BCUT2D eigenvalue weighted by Crippen LogP contribution is -2.34. The summed E-state index contributed by atoms with van der Waals surface area (Å²) in [7, 11) is 0. The molecule has 1 fully saturated rings. The highest BCUT2D eigenvalue weighted by atomic mass is 35.5. The van der Waals surface area contributed by atoms with Crippen molar-refractivity contribution in [3.63, 3.8) is 0 Å². The van der Waals surface area contributed by atoms with E-state index < -0.39 is 0 Å². The van der Waals surface area contributed by atoms with Gasteiger partial charge in [0.05, 0.1) is 22.1 Å². The Hall–Kier alpha value is -2.73. The Bertz CT molecular complexity index is 1060. The van der Waals surface area contributed by atoms with Crippen molar-refractivity contribution in [2.45, 2.75) is 33.1 Å². The summed E-state index contributed by atoms with van der Waals surface area (Å²) in [5.41, 5.74) is 3.44. The summed E-state index contributed by atoms with van der Waals surface area (Å²) in [5.74, 6) is 1.27. The molecule has 2 aromatic heterocycles. The monoisotopic (exact) mass is 409 g/mol. The third kappa shape index (κ3) is 4.32. The summed E-state index contributed by atoms with van der Waals surface area (Å²) in [5, 5.41) is 0.654. The van der Waals surface area contributed by atoms with Gasteiger partial charge in [0.25, 0.3) is 5.56 Å². The second kappa shape index (κ2) is 8.33. The van der Waals surface area contributed by atoms with Crippen molar-refractivity contribution in [1.29, 1.82) is 0 Å². The van der Waals surface area contributed by atoms with Crippen LogP contribution in [-0.4, -0.2) is 32.6 Å². The Morgan fingerprint density at radius 1 is 1.14 bits per heavy atom. The number of hydrogen-bond donors (Lipinski definition) is 0. The lowest BCUT2D eigenvalue weighted by atomic mass is 9.92. The molecule has 6 nitrogen and oxygen atoms in total. The van der Waals surface area contributed by atoms with E-state index >= 15 is 0 Å². The fourth-order valence-electron chi connectivity index (χ4n) is 4.05. The van der Waals surface area contributed by atoms with Crippen molar-refractivity contribution < 1.29 is 0 Å². The standard InChI is InChI=1S/C22H24ClN5O/c1-15-11-22(29)28(16(2)26-15)19-3-4-21(20(23)13-19)27-9-5-17(6-10-27)12-18-14-24-7-8-25-18/h3-4,7-8,11,13-14,17H,5-6,9-10,12H2,1-2H3. The van der Waals surface area contributed by atoms with Gasteiger partial charge in [0.15, 0.2) is 0 Å². The van der Waals surface area contributed by atoms with Crippen LogP contribution in [0.25, 0.3) is 5.69 Å². The van der Waals surface area contributed by atoms with Gasteiger partial charge >= 0.3 is 0 Å². The summed E-state index contributed by atoms with van der Waals surface area (Å²) in [6.07, 6.45) is 8.47. The van der Waals surface area contributed by atoms with Gasteiger partial charge in [-0.2, -0.15) is 0 Å². The van der Waals surface area contributed by atoms with Crippen LogP contribution in [0, 0.1) is 19.8 Å². The predicted octanol–water partition coefficient (Wildman–Crippen LogP) is 3.75. The van der Waals surface area contributed by atoms with E-state index in [0.717, 1.165) is 55.1 Å².